The Bertz CT molecular complexity index is 1300. The number of carbonyl (C=O) groups is 1. The maximum atomic E-state index is 13.6. The number of hydrogen-bond donors (Lipinski definition) is 1. The second-order valence-electron chi connectivity index (χ2n) is 8.50. The number of aromatic nitrogens is 3. The Hall–Kier alpha value is -2.97. The molecule has 1 aromatic heterocycles. The van der Waals surface area contributed by atoms with E-state index in [0.29, 0.717) is 47.9 Å². The smallest absolute Gasteiger partial charge is 0.227 e. The van der Waals surface area contributed by atoms with Gasteiger partial charge in [-0.3, -0.25) is 4.79 Å². The highest BCUT2D eigenvalue weighted by Gasteiger charge is 2.40. The van der Waals surface area contributed by atoms with Crippen LogP contribution in [0.1, 0.15) is 42.9 Å². The van der Waals surface area contributed by atoms with E-state index in [4.69, 9.17) is 31.2 Å². The number of hydrogen-bond acceptors (Lipinski definition) is 7. The first-order valence-electron chi connectivity index (χ1n) is 11.4. The lowest BCUT2D eigenvalue weighted by Gasteiger charge is -2.35. The van der Waals surface area contributed by atoms with Gasteiger partial charge in [-0.25, -0.2) is 4.68 Å². The summed E-state index contributed by atoms with van der Waals surface area (Å²) >= 11 is 7.66. The molecule has 7 nitrogen and oxygen atoms in total. The average Bonchev–Trinajstić information content (AvgIpc) is 3.25. The van der Waals surface area contributed by atoms with E-state index in [1.807, 2.05) is 47.1 Å². The van der Waals surface area contributed by atoms with Crippen LogP contribution in [0.3, 0.4) is 0 Å². The van der Waals surface area contributed by atoms with Crippen molar-refractivity contribution in [1.82, 2.24) is 14.8 Å². The Balaban J connectivity index is 1.44. The van der Waals surface area contributed by atoms with E-state index in [0.717, 1.165) is 33.9 Å². The molecule has 3 aromatic rings. The molecule has 0 radical (unpaired) electrons. The molecule has 0 saturated heterocycles. The van der Waals surface area contributed by atoms with Crippen LogP contribution in [0.2, 0.25) is 5.02 Å². The predicted molar refractivity (Wildman–Crippen MR) is 131 cm³/mol. The molecule has 1 aliphatic carbocycles. The number of carbonyl (C=O) groups excluding carboxylic acids is 1. The zero-order chi connectivity index (χ0) is 23.2. The number of rotatable bonds is 4. The molecule has 2 unspecified atom stereocenters. The molecule has 2 aromatic carbocycles. The zero-order valence-electron chi connectivity index (χ0n) is 18.6. The minimum Gasteiger partial charge on any atom is -0.486 e. The molecule has 6 rings (SSSR count). The molecule has 2 aliphatic heterocycles. The second-order valence-corrected chi connectivity index (χ2v) is 10.2. The van der Waals surface area contributed by atoms with Crippen molar-refractivity contribution in [2.75, 3.05) is 24.3 Å². The van der Waals surface area contributed by atoms with Gasteiger partial charge in [0.2, 0.25) is 11.1 Å². The van der Waals surface area contributed by atoms with E-state index in [9.17, 15) is 4.79 Å². The summed E-state index contributed by atoms with van der Waals surface area (Å²) in [5, 5.41) is 9.57. The maximum absolute atomic E-state index is 13.6. The van der Waals surface area contributed by atoms with Crippen LogP contribution in [0.5, 0.6) is 11.5 Å². The number of anilines is 1. The molecule has 2 atom stereocenters. The molecular weight excluding hydrogens is 472 g/mol. The van der Waals surface area contributed by atoms with Crippen LogP contribution >= 0.6 is 23.4 Å². The zero-order valence-corrected chi connectivity index (χ0v) is 20.2. The van der Waals surface area contributed by atoms with Crippen molar-refractivity contribution in [3.05, 3.63) is 69.9 Å². The van der Waals surface area contributed by atoms with E-state index in [2.05, 4.69) is 12.2 Å². The van der Waals surface area contributed by atoms with Crippen LogP contribution < -0.4 is 14.8 Å². The molecule has 0 amide bonds. The first-order chi connectivity index (χ1) is 16.6. The molecular formula is C25H23ClN4O3S. The lowest BCUT2D eigenvalue weighted by atomic mass is 9.78. The third-order valence-corrected chi connectivity index (χ3v) is 7.37. The van der Waals surface area contributed by atoms with Gasteiger partial charge in [-0.2, -0.15) is 4.98 Å². The number of fused-ring (bicyclic) bond motifs is 2. The molecule has 0 bridgehead atoms. The Morgan fingerprint density at radius 3 is 2.65 bits per heavy atom. The summed E-state index contributed by atoms with van der Waals surface area (Å²) in [6, 6.07) is 13.3. The molecule has 1 N–H and O–H groups in total. The van der Waals surface area contributed by atoms with Gasteiger partial charge in [0.05, 0.1) is 0 Å². The van der Waals surface area contributed by atoms with Crippen molar-refractivity contribution in [3.8, 4) is 11.5 Å². The summed E-state index contributed by atoms with van der Waals surface area (Å²) in [5.41, 5.74) is 3.68. The number of ether oxygens (including phenoxy) is 2. The standard InChI is InChI=1S/C25H23ClN4O3S/c1-2-34-25-28-24-27-18-11-16(14-3-6-17(26)7-4-14)12-19(31)22(18)23(30(24)29-25)15-5-8-20-21(13-15)33-10-9-32-20/h3-8,13,16,23H,2,9-12H2,1H3,(H,27,28,29). The molecule has 174 valence electrons. The minimum atomic E-state index is -0.376. The van der Waals surface area contributed by atoms with Crippen LogP contribution in [-0.2, 0) is 4.79 Å². The Kier molecular flexibility index (Phi) is 5.50. The van der Waals surface area contributed by atoms with Crippen molar-refractivity contribution >= 4 is 35.1 Å². The number of benzene rings is 2. The van der Waals surface area contributed by atoms with Crippen LogP contribution in [0.15, 0.2) is 58.9 Å². The van der Waals surface area contributed by atoms with Gasteiger partial charge in [-0.05, 0) is 53.5 Å². The summed E-state index contributed by atoms with van der Waals surface area (Å²) < 4.78 is 13.4. The van der Waals surface area contributed by atoms with Crippen molar-refractivity contribution in [1.29, 1.82) is 0 Å². The molecule has 9 heteroatoms. The van der Waals surface area contributed by atoms with Gasteiger partial charge in [-0.1, -0.05) is 48.5 Å². The number of nitrogens with one attached hydrogen (secondary N) is 1. The van der Waals surface area contributed by atoms with Crippen molar-refractivity contribution in [3.63, 3.8) is 0 Å². The fraction of sp³-hybridized carbons (Fsp3) is 0.320. The minimum absolute atomic E-state index is 0.0795. The van der Waals surface area contributed by atoms with Crippen molar-refractivity contribution < 1.29 is 14.3 Å². The highest BCUT2D eigenvalue weighted by atomic mass is 35.5. The summed E-state index contributed by atoms with van der Waals surface area (Å²) in [6.45, 7) is 3.11. The normalized spacial score (nSPS) is 21.1. The van der Waals surface area contributed by atoms with Crippen LogP contribution in [-0.4, -0.2) is 39.5 Å². The first kappa shape index (κ1) is 21.6. The Morgan fingerprint density at radius 1 is 1.09 bits per heavy atom. The van der Waals surface area contributed by atoms with Crippen molar-refractivity contribution in [2.24, 2.45) is 0 Å². The van der Waals surface area contributed by atoms with Gasteiger partial charge in [0.15, 0.2) is 17.3 Å². The lowest BCUT2D eigenvalue weighted by Crippen LogP contribution is -2.33. The highest BCUT2D eigenvalue weighted by Crippen LogP contribution is 2.46. The number of ketones is 1. The van der Waals surface area contributed by atoms with E-state index in [1.54, 1.807) is 11.8 Å². The first-order valence-corrected chi connectivity index (χ1v) is 12.7. The molecule has 0 spiro atoms. The Morgan fingerprint density at radius 2 is 1.85 bits per heavy atom. The molecule has 0 fully saturated rings. The van der Waals surface area contributed by atoms with E-state index in [1.165, 1.54) is 0 Å². The summed E-state index contributed by atoms with van der Waals surface area (Å²) in [7, 11) is 0. The van der Waals surface area contributed by atoms with E-state index < -0.39 is 0 Å². The highest BCUT2D eigenvalue weighted by molar-refractivity contribution is 7.99. The van der Waals surface area contributed by atoms with E-state index >= 15 is 0 Å². The van der Waals surface area contributed by atoms with Crippen LogP contribution in [0.25, 0.3) is 0 Å². The topological polar surface area (TPSA) is 78.3 Å². The van der Waals surface area contributed by atoms with Gasteiger partial charge in [0.1, 0.15) is 19.3 Å². The maximum Gasteiger partial charge on any atom is 0.227 e. The average molecular weight is 495 g/mol. The van der Waals surface area contributed by atoms with Crippen molar-refractivity contribution in [2.45, 2.75) is 36.9 Å². The number of nitrogens with zero attached hydrogens (tertiary/aromatic N) is 3. The molecule has 34 heavy (non-hydrogen) atoms. The summed E-state index contributed by atoms with van der Waals surface area (Å²) in [4.78, 5) is 18.4. The summed E-state index contributed by atoms with van der Waals surface area (Å²) in [5.74, 6) is 3.12. The second kappa shape index (κ2) is 8.67. The monoisotopic (exact) mass is 494 g/mol. The fourth-order valence-electron chi connectivity index (χ4n) is 4.89. The van der Waals surface area contributed by atoms with Gasteiger partial charge < -0.3 is 14.8 Å². The van der Waals surface area contributed by atoms with Gasteiger partial charge in [-0.15, -0.1) is 5.10 Å². The molecule has 3 heterocycles. The lowest BCUT2D eigenvalue weighted by molar-refractivity contribution is -0.116. The Labute approximate surface area is 206 Å². The van der Waals surface area contributed by atoms with Gasteiger partial charge in [0, 0.05) is 22.7 Å². The third kappa shape index (κ3) is 3.75. The summed E-state index contributed by atoms with van der Waals surface area (Å²) in [6.07, 6.45) is 1.15. The molecule has 3 aliphatic rings. The number of halogens is 1. The number of allylic oxidation sites excluding steroid dienone is 2. The molecule has 0 saturated carbocycles. The van der Waals surface area contributed by atoms with Crippen LogP contribution in [0, 0.1) is 0 Å². The van der Waals surface area contributed by atoms with Gasteiger partial charge >= 0.3 is 0 Å². The largest absolute Gasteiger partial charge is 0.486 e. The predicted octanol–water partition coefficient (Wildman–Crippen LogP) is 5.23. The SMILES string of the molecule is CCSc1nc2n(n1)C(c1ccc3c(c1)OCCO3)C1=C(CC(c3ccc(Cl)cc3)CC1=O)N2. The number of Topliss-reactive ketones (excluding diaryl/α,β-unsaturated/α-hetero) is 1. The van der Waals surface area contributed by atoms with Gasteiger partial charge in [0.25, 0.3) is 0 Å². The quantitative estimate of drug-likeness (QED) is 0.497. The third-order valence-electron chi connectivity index (χ3n) is 6.40. The number of thioether (sulfide) groups is 1. The fourth-order valence-corrected chi connectivity index (χ4v) is 5.57. The van der Waals surface area contributed by atoms with Crippen LogP contribution in [0.4, 0.5) is 5.95 Å². The van der Waals surface area contributed by atoms with E-state index in [-0.39, 0.29) is 17.7 Å².